The summed E-state index contributed by atoms with van der Waals surface area (Å²) in [6.45, 7) is 3.02. The number of aromatic amines is 1. The van der Waals surface area contributed by atoms with Crippen LogP contribution >= 0.6 is 11.3 Å². The Morgan fingerprint density at radius 1 is 1.28 bits per heavy atom. The second kappa shape index (κ2) is 4.82. The molecule has 0 saturated heterocycles. The van der Waals surface area contributed by atoms with Crippen LogP contribution in [0.15, 0.2) is 35.7 Å². The number of nitrogens with one attached hydrogen (secondary N) is 2. The predicted octanol–water partition coefficient (Wildman–Crippen LogP) is 3.80. The van der Waals surface area contributed by atoms with Gasteiger partial charge in [-0.05, 0) is 35.6 Å². The van der Waals surface area contributed by atoms with E-state index in [1.54, 1.807) is 11.3 Å². The summed E-state index contributed by atoms with van der Waals surface area (Å²) in [7, 11) is 0. The number of anilines is 1. The molecule has 1 aromatic carbocycles. The predicted molar refractivity (Wildman–Crippen MR) is 77.1 cm³/mol. The summed E-state index contributed by atoms with van der Waals surface area (Å²) >= 11 is 1.80. The number of para-hydroxylation sites is 2. The third-order valence-electron chi connectivity index (χ3n) is 3.02. The summed E-state index contributed by atoms with van der Waals surface area (Å²) in [6, 6.07) is 10.3. The molecular formula is C14H15N3S. The zero-order valence-electron chi connectivity index (χ0n) is 10.2. The van der Waals surface area contributed by atoms with Gasteiger partial charge in [0.2, 0.25) is 5.95 Å². The highest BCUT2D eigenvalue weighted by atomic mass is 32.1. The molecular weight excluding hydrogens is 242 g/mol. The average molecular weight is 257 g/mol. The minimum Gasteiger partial charge on any atom is -0.351 e. The molecule has 0 saturated carbocycles. The number of aryl methyl sites for hydroxylation is 1. The van der Waals surface area contributed by atoms with Gasteiger partial charge in [0, 0.05) is 4.88 Å². The third kappa shape index (κ3) is 2.11. The fourth-order valence-electron chi connectivity index (χ4n) is 2.04. The van der Waals surface area contributed by atoms with Crippen LogP contribution in [0.2, 0.25) is 0 Å². The molecule has 0 aliphatic heterocycles. The zero-order valence-corrected chi connectivity index (χ0v) is 11.1. The molecule has 0 fully saturated rings. The van der Waals surface area contributed by atoms with Gasteiger partial charge in [-0.3, -0.25) is 0 Å². The zero-order chi connectivity index (χ0) is 12.4. The molecule has 0 aliphatic carbocycles. The Morgan fingerprint density at radius 2 is 2.17 bits per heavy atom. The van der Waals surface area contributed by atoms with E-state index in [2.05, 4.69) is 33.7 Å². The number of aromatic nitrogens is 2. The first-order valence-electron chi connectivity index (χ1n) is 6.10. The lowest BCUT2D eigenvalue weighted by Crippen LogP contribution is -2.00. The molecule has 0 bridgehead atoms. The molecule has 3 rings (SSSR count). The molecule has 0 spiro atoms. The Morgan fingerprint density at radius 3 is 3.00 bits per heavy atom. The van der Waals surface area contributed by atoms with Gasteiger partial charge in [0.15, 0.2) is 0 Å². The molecule has 0 atom stereocenters. The number of thiophene rings is 1. The summed E-state index contributed by atoms with van der Waals surface area (Å²) in [5, 5.41) is 5.50. The van der Waals surface area contributed by atoms with Gasteiger partial charge in [-0.25, -0.2) is 4.98 Å². The van der Waals surface area contributed by atoms with Crippen molar-refractivity contribution in [1.82, 2.24) is 9.97 Å². The Balaban J connectivity index is 1.77. The van der Waals surface area contributed by atoms with E-state index in [9.17, 15) is 0 Å². The van der Waals surface area contributed by atoms with E-state index < -0.39 is 0 Å². The van der Waals surface area contributed by atoms with Crippen molar-refractivity contribution < 1.29 is 0 Å². The van der Waals surface area contributed by atoms with Crippen molar-refractivity contribution in [3.63, 3.8) is 0 Å². The number of rotatable bonds is 4. The van der Waals surface area contributed by atoms with Crippen LogP contribution in [0.3, 0.4) is 0 Å². The second-order valence-corrected chi connectivity index (χ2v) is 5.18. The van der Waals surface area contributed by atoms with E-state index in [1.807, 2.05) is 24.3 Å². The summed E-state index contributed by atoms with van der Waals surface area (Å²) in [5.74, 6) is 0.839. The first kappa shape index (κ1) is 11.3. The Kier molecular flexibility index (Phi) is 3.02. The van der Waals surface area contributed by atoms with Crippen LogP contribution in [0, 0.1) is 0 Å². The monoisotopic (exact) mass is 257 g/mol. The first-order chi connectivity index (χ1) is 8.86. The third-order valence-corrected chi connectivity index (χ3v) is 3.99. The lowest BCUT2D eigenvalue weighted by atomic mass is 10.2. The molecule has 2 aromatic heterocycles. The van der Waals surface area contributed by atoms with Gasteiger partial charge in [0.1, 0.15) is 0 Å². The maximum Gasteiger partial charge on any atom is 0.201 e. The lowest BCUT2D eigenvalue weighted by molar-refractivity contribution is 1.06. The molecule has 0 radical (unpaired) electrons. The molecule has 4 heteroatoms. The van der Waals surface area contributed by atoms with Gasteiger partial charge in [0.25, 0.3) is 0 Å². The van der Waals surface area contributed by atoms with Crippen LogP contribution in [0.1, 0.15) is 17.4 Å². The molecule has 2 heterocycles. The van der Waals surface area contributed by atoms with E-state index in [1.165, 1.54) is 10.4 Å². The van der Waals surface area contributed by atoms with Crippen LogP contribution in [-0.4, -0.2) is 9.97 Å². The maximum absolute atomic E-state index is 4.51. The molecule has 2 N–H and O–H groups in total. The summed E-state index contributed by atoms with van der Waals surface area (Å²) in [5.41, 5.74) is 3.49. The fourth-order valence-corrected chi connectivity index (χ4v) is 2.95. The minimum atomic E-state index is 0.834. The highest BCUT2D eigenvalue weighted by Crippen LogP contribution is 2.19. The summed E-state index contributed by atoms with van der Waals surface area (Å²) in [4.78, 5) is 9.17. The molecule has 0 unspecified atom stereocenters. The van der Waals surface area contributed by atoms with Crippen molar-refractivity contribution in [2.24, 2.45) is 0 Å². The van der Waals surface area contributed by atoms with Crippen molar-refractivity contribution in [2.75, 3.05) is 5.32 Å². The minimum absolute atomic E-state index is 0.834. The topological polar surface area (TPSA) is 40.7 Å². The number of hydrogen-bond acceptors (Lipinski definition) is 3. The lowest BCUT2D eigenvalue weighted by Gasteiger charge is -2.02. The van der Waals surface area contributed by atoms with Crippen molar-refractivity contribution >= 4 is 28.3 Å². The van der Waals surface area contributed by atoms with E-state index >= 15 is 0 Å². The van der Waals surface area contributed by atoms with Gasteiger partial charge in [-0.1, -0.05) is 19.1 Å². The number of nitrogens with zero attached hydrogens (tertiary/aromatic N) is 1. The molecule has 0 amide bonds. The largest absolute Gasteiger partial charge is 0.351 e. The molecule has 0 aliphatic rings. The Labute approximate surface area is 110 Å². The Hall–Kier alpha value is -1.81. The highest BCUT2D eigenvalue weighted by Gasteiger charge is 2.04. The van der Waals surface area contributed by atoms with Gasteiger partial charge in [0.05, 0.1) is 17.6 Å². The number of imidazole rings is 1. The van der Waals surface area contributed by atoms with E-state index in [-0.39, 0.29) is 0 Å². The standard InChI is InChI=1S/C14H15N3S/c1-2-10-7-8-18-13(10)9-15-14-16-11-5-3-4-6-12(11)17-14/h3-8H,2,9H2,1H3,(H2,15,16,17). The normalized spacial score (nSPS) is 10.9. The van der Waals surface area contributed by atoms with Crippen LogP contribution < -0.4 is 5.32 Å². The van der Waals surface area contributed by atoms with Crippen molar-refractivity contribution in [1.29, 1.82) is 0 Å². The van der Waals surface area contributed by atoms with Crippen LogP contribution in [0.25, 0.3) is 11.0 Å². The van der Waals surface area contributed by atoms with Gasteiger partial charge >= 0.3 is 0 Å². The van der Waals surface area contributed by atoms with Crippen molar-refractivity contribution in [3.8, 4) is 0 Å². The van der Waals surface area contributed by atoms with Gasteiger partial charge in [-0.15, -0.1) is 11.3 Å². The fraction of sp³-hybridized carbons (Fsp3) is 0.214. The average Bonchev–Trinajstić information content (AvgIpc) is 3.01. The van der Waals surface area contributed by atoms with E-state index in [0.29, 0.717) is 0 Å². The van der Waals surface area contributed by atoms with Crippen LogP contribution in [0.5, 0.6) is 0 Å². The molecule has 3 aromatic rings. The number of benzene rings is 1. The van der Waals surface area contributed by atoms with E-state index in [4.69, 9.17) is 0 Å². The quantitative estimate of drug-likeness (QED) is 0.746. The molecule has 18 heavy (non-hydrogen) atoms. The van der Waals surface area contributed by atoms with Gasteiger partial charge in [-0.2, -0.15) is 0 Å². The SMILES string of the molecule is CCc1ccsc1CNc1nc2ccccc2[nH]1. The molecule has 3 nitrogen and oxygen atoms in total. The van der Waals surface area contributed by atoms with Crippen molar-refractivity contribution in [2.45, 2.75) is 19.9 Å². The van der Waals surface area contributed by atoms with Crippen LogP contribution in [0.4, 0.5) is 5.95 Å². The van der Waals surface area contributed by atoms with Crippen molar-refractivity contribution in [3.05, 3.63) is 46.2 Å². The van der Waals surface area contributed by atoms with Crippen LogP contribution in [-0.2, 0) is 13.0 Å². The summed E-state index contributed by atoms with van der Waals surface area (Å²) < 4.78 is 0. The maximum atomic E-state index is 4.51. The van der Waals surface area contributed by atoms with Gasteiger partial charge < -0.3 is 10.3 Å². The highest BCUT2D eigenvalue weighted by molar-refractivity contribution is 7.10. The second-order valence-electron chi connectivity index (χ2n) is 4.18. The number of fused-ring (bicyclic) bond motifs is 1. The number of H-pyrrole nitrogens is 1. The number of hydrogen-bond donors (Lipinski definition) is 2. The Bertz CT molecular complexity index is 621. The first-order valence-corrected chi connectivity index (χ1v) is 6.98. The summed E-state index contributed by atoms with van der Waals surface area (Å²) in [6.07, 6.45) is 1.08. The van der Waals surface area contributed by atoms with E-state index in [0.717, 1.165) is 29.9 Å². The smallest absolute Gasteiger partial charge is 0.201 e. The molecule has 92 valence electrons.